The Kier molecular flexibility index (Phi) is 4.24. The van der Waals surface area contributed by atoms with Crippen molar-refractivity contribution in [2.24, 2.45) is 5.73 Å². The third kappa shape index (κ3) is 2.67. The Balaban J connectivity index is 2.32. The van der Waals surface area contributed by atoms with Crippen LogP contribution in [0.2, 0.25) is 0 Å². The molecule has 5 heteroatoms. The van der Waals surface area contributed by atoms with E-state index in [0.717, 1.165) is 12.8 Å². The molecule has 4 nitrogen and oxygen atoms in total. The molecule has 0 bridgehead atoms. The van der Waals surface area contributed by atoms with E-state index in [1.54, 1.807) is 19.2 Å². The highest BCUT2D eigenvalue weighted by molar-refractivity contribution is 9.10. The summed E-state index contributed by atoms with van der Waals surface area (Å²) < 4.78 is 11.8. The number of benzene rings is 1. The number of hydrogen-bond donors (Lipinski definition) is 1. The molecule has 2 N–H and O–H groups in total. The van der Waals surface area contributed by atoms with E-state index in [-0.39, 0.29) is 18.4 Å². The van der Waals surface area contributed by atoms with Gasteiger partial charge in [0.25, 0.3) is 0 Å². The molecule has 98 valence electrons. The van der Waals surface area contributed by atoms with Gasteiger partial charge in [-0.1, -0.05) is 0 Å². The monoisotopic (exact) mass is 313 g/mol. The van der Waals surface area contributed by atoms with E-state index < -0.39 is 0 Å². The van der Waals surface area contributed by atoms with Crippen LogP contribution in [0.3, 0.4) is 0 Å². The van der Waals surface area contributed by atoms with Crippen LogP contribution >= 0.6 is 15.9 Å². The Hall–Kier alpha value is -1.07. The summed E-state index contributed by atoms with van der Waals surface area (Å²) in [5.41, 5.74) is 5.92. The van der Waals surface area contributed by atoms with Crippen molar-refractivity contribution >= 4 is 21.7 Å². The lowest BCUT2D eigenvalue weighted by molar-refractivity contribution is 0.0995. The average Bonchev–Trinajstić information content (AvgIpc) is 2.33. The van der Waals surface area contributed by atoms with Crippen molar-refractivity contribution in [1.82, 2.24) is 0 Å². The highest BCUT2D eigenvalue weighted by Gasteiger charge is 2.22. The zero-order chi connectivity index (χ0) is 13.1. The van der Waals surface area contributed by atoms with Crippen molar-refractivity contribution in [2.75, 3.05) is 13.7 Å². The number of ether oxygens (including phenoxy) is 2. The summed E-state index contributed by atoms with van der Waals surface area (Å²) in [6.07, 6.45) is 3.54. The van der Waals surface area contributed by atoms with Crippen molar-refractivity contribution in [1.29, 1.82) is 0 Å². The molecule has 0 amide bonds. The molecule has 0 radical (unpaired) electrons. The van der Waals surface area contributed by atoms with E-state index in [1.807, 2.05) is 0 Å². The van der Waals surface area contributed by atoms with Gasteiger partial charge in [-0.15, -0.1) is 0 Å². The highest BCUT2D eigenvalue weighted by atomic mass is 79.9. The second-order valence-corrected chi connectivity index (χ2v) is 5.14. The molecule has 0 spiro atoms. The lowest BCUT2D eigenvalue weighted by Gasteiger charge is -2.27. The molecule has 0 saturated heterocycles. The lowest BCUT2D eigenvalue weighted by atomic mass is 9.96. The Labute approximate surface area is 115 Å². The SMILES string of the molecule is COc1cc(Br)c(C(=O)CN)cc1OC1CCC1. The smallest absolute Gasteiger partial charge is 0.177 e. The minimum absolute atomic E-state index is 0.0200. The summed E-state index contributed by atoms with van der Waals surface area (Å²) in [5.74, 6) is 1.12. The normalized spacial score (nSPS) is 15.1. The summed E-state index contributed by atoms with van der Waals surface area (Å²) in [6, 6.07) is 3.45. The molecular weight excluding hydrogens is 298 g/mol. The number of ketones is 1. The second-order valence-electron chi connectivity index (χ2n) is 4.28. The van der Waals surface area contributed by atoms with Gasteiger partial charge in [-0.25, -0.2) is 0 Å². The molecule has 1 aromatic rings. The van der Waals surface area contributed by atoms with E-state index in [9.17, 15) is 4.79 Å². The van der Waals surface area contributed by atoms with E-state index in [1.165, 1.54) is 6.42 Å². The molecule has 1 saturated carbocycles. The average molecular weight is 314 g/mol. The fourth-order valence-corrected chi connectivity index (χ4v) is 2.32. The van der Waals surface area contributed by atoms with Gasteiger partial charge in [-0.3, -0.25) is 4.79 Å². The predicted molar refractivity (Wildman–Crippen MR) is 72.3 cm³/mol. The van der Waals surface area contributed by atoms with Crippen LogP contribution in [-0.4, -0.2) is 25.5 Å². The zero-order valence-corrected chi connectivity index (χ0v) is 11.8. The maximum absolute atomic E-state index is 11.7. The molecule has 1 fully saturated rings. The first kappa shape index (κ1) is 13.4. The van der Waals surface area contributed by atoms with Crippen molar-refractivity contribution < 1.29 is 14.3 Å². The number of methoxy groups -OCH3 is 1. The molecule has 1 aliphatic rings. The van der Waals surface area contributed by atoms with Crippen molar-refractivity contribution in [2.45, 2.75) is 25.4 Å². The maximum atomic E-state index is 11.7. The predicted octanol–water partition coefficient (Wildman–Crippen LogP) is 2.53. The topological polar surface area (TPSA) is 61.5 Å². The van der Waals surface area contributed by atoms with Crippen LogP contribution in [0.25, 0.3) is 0 Å². The summed E-state index contributed by atoms with van der Waals surface area (Å²) >= 11 is 3.35. The van der Waals surface area contributed by atoms with Crippen molar-refractivity contribution in [3.63, 3.8) is 0 Å². The van der Waals surface area contributed by atoms with Gasteiger partial charge in [0.05, 0.1) is 19.8 Å². The van der Waals surface area contributed by atoms with Crippen LogP contribution in [0.4, 0.5) is 0 Å². The van der Waals surface area contributed by atoms with E-state index in [4.69, 9.17) is 15.2 Å². The summed E-state index contributed by atoms with van der Waals surface area (Å²) in [7, 11) is 1.58. The number of carbonyl (C=O) groups is 1. The quantitative estimate of drug-likeness (QED) is 0.849. The van der Waals surface area contributed by atoms with Crippen LogP contribution in [0.1, 0.15) is 29.6 Å². The Morgan fingerprint density at radius 3 is 2.67 bits per heavy atom. The van der Waals surface area contributed by atoms with E-state index in [2.05, 4.69) is 15.9 Å². The molecule has 0 aliphatic heterocycles. The Morgan fingerprint density at radius 1 is 1.44 bits per heavy atom. The molecule has 2 rings (SSSR count). The van der Waals surface area contributed by atoms with Gasteiger partial charge < -0.3 is 15.2 Å². The fourth-order valence-electron chi connectivity index (χ4n) is 1.78. The molecule has 1 aromatic carbocycles. The molecule has 0 unspecified atom stereocenters. The van der Waals surface area contributed by atoms with Gasteiger partial charge in [0.2, 0.25) is 0 Å². The fraction of sp³-hybridized carbons (Fsp3) is 0.462. The highest BCUT2D eigenvalue weighted by Crippen LogP contribution is 2.36. The largest absolute Gasteiger partial charge is 0.493 e. The molecule has 0 atom stereocenters. The van der Waals surface area contributed by atoms with Gasteiger partial charge >= 0.3 is 0 Å². The summed E-state index contributed by atoms with van der Waals surface area (Å²) in [5, 5.41) is 0. The third-order valence-corrected chi connectivity index (χ3v) is 3.74. The first-order valence-corrected chi connectivity index (χ1v) is 6.72. The molecule has 18 heavy (non-hydrogen) atoms. The zero-order valence-electron chi connectivity index (χ0n) is 10.2. The number of nitrogens with two attached hydrogens (primary N) is 1. The van der Waals surface area contributed by atoms with Gasteiger partial charge in [0.1, 0.15) is 0 Å². The molecule has 1 aliphatic carbocycles. The Bertz CT molecular complexity index is 458. The second kappa shape index (κ2) is 5.71. The standard InChI is InChI=1S/C13H16BrNO3/c1-17-12-6-10(14)9(11(16)7-15)5-13(12)18-8-3-2-4-8/h5-6,8H,2-4,7,15H2,1H3. The minimum Gasteiger partial charge on any atom is -0.493 e. The van der Waals surface area contributed by atoms with Crippen LogP contribution in [0.15, 0.2) is 16.6 Å². The van der Waals surface area contributed by atoms with Gasteiger partial charge in [0.15, 0.2) is 17.3 Å². The maximum Gasteiger partial charge on any atom is 0.177 e. The van der Waals surface area contributed by atoms with E-state index in [0.29, 0.717) is 21.5 Å². The number of rotatable bonds is 5. The van der Waals surface area contributed by atoms with Crippen molar-refractivity contribution in [3.8, 4) is 11.5 Å². The minimum atomic E-state index is -0.122. The van der Waals surface area contributed by atoms with Crippen LogP contribution < -0.4 is 15.2 Å². The van der Waals surface area contributed by atoms with Crippen LogP contribution in [0, 0.1) is 0 Å². The summed E-state index contributed by atoms with van der Waals surface area (Å²) in [4.78, 5) is 11.7. The number of carbonyl (C=O) groups excluding carboxylic acids is 1. The van der Waals surface area contributed by atoms with Crippen molar-refractivity contribution in [3.05, 3.63) is 22.2 Å². The summed E-state index contributed by atoms with van der Waals surface area (Å²) in [6.45, 7) is -0.0200. The lowest BCUT2D eigenvalue weighted by Crippen LogP contribution is -2.25. The van der Waals surface area contributed by atoms with E-state index >= 15 is 0 Å². The number of Topliss-reactive ketones (excluding diaryl/α,β-unsaturated/α-hetero) is 1. The molecule has 0 heterocycles. The number of halogens is 1. The van der Waals surface area contributed by atoms with Gasteiger partial charge in [0, 0.05) is 10.0 Å². The number of hydrogen-bond acceptors (Lipinski definition) is 4. The first-order valence-electron chi connectivity index (χ1n) is 5.93. The Morgan fingerprint density at radius 2 is 2.17 bits per heavy atom. The van der Waals surface area contributed by atoms with Gasteiger partial charge in [-0.2, -0.15) is 0 Å². The van der Waals surface area contributed by atoms with Gasteiger partial charge in [-0.05, 0) is 47.3 Å². The third-order valence-electron chi connectivity index (χ3n) is 3.08. The molecular formula is C13H16BrNO3. The molecule has 0 aromatic heterocycles. The first-order chi connectivity index (χ1) is 8.65. The van der Waals surface area contributed by atoms with Crippen LogP contribution in [-0.2, 0) is 0 Å². The van der Waals surface area contributed by atoms with Crippen LogP contribution in [0.5, 0.6) is 11.5 Å².